The first kappa shape index (κ1) is 75.4. The molecular weight excluding hydrogens is 1250 g/mol. The molecule has 0 saturated carbocycles. The number of carbonyl (C=O) groups is 14. The molecule has 2 heterocycles. The zero-order chi connectivity index (χ0) is 66.5. The number of phenols is 1. The summed E-state index contributed by atoms with van der Waals surface area (Å²) in [5.41, 5.74) is 17.2. The second-order valence-corrected chi connectivity index (χ2v) is 21.8. The van der Waals surface area contributed by atoms with Crippen LogP contribution >= 0.6 is 50.5 Å². The molecule has 33 nitrogen and oxygen atoms in total. The van der Waals surface area contributed by atoms with Crippen LogP contribution in [0.3, 0.4) is 0 Å². The molecule has 0 unspecified atom stereocenters. The highest BCUT2D eigenvalue weighted by atomic mass is 32.1. The highest BCUT2D eigenvalue weighted by Gasteiger charge is 2.40. The van der Waals surface area contributed by atoms with Crippen LogP contribution in [0.25, 0.3) is 0 Å². The number of hydrogen-bond donors (Lipinski definition) is 21. The number of thiol groups is 4. The maximum absolute atomic E-state index is 14.2. The minimum absolute atomic E-state index is 0.0159. The van der Waals surface area contributed by atoms with Crippen LogP contribution in [0.4, 0.5) is 0 Å². The molecule has 0 radical (unpaired) electrons. The number of aromatic hydroxyl groups is 1. The lowest BCUT2D eigenvalue weighted by Crippen LogP contribution is -2.60. The van der Waals surface area contributed by atoms with Crippen molar-refractivity contribution in [3.8, 4) is 5.75 Å². The Hall–Kier alpha value is -7.87. The molecule has 37 heteroatoms. The maximum Gasteiger partial charge on any atom is 0.246 e. The fourth-order valence-electron chi connectivity index (χ4n) is 8.63. The van der Waals surface area contributed by atoms with E-state index < -0.39 is 169 Å². The fourth-order valence-corrected chi connectivity index (χ4v) is 9.68. The summed E-state index contributed by atoms with van der Waals surface area (Å²) in [7, 11) is 0. The number of aliphatic hydroxyl groups excluding tert-OH is 1. The van der Waals surface area contributed by atoms with Crippen molar-refractivity contribution >= 4 is 133 Å². The molecule has 14 amide bonds. The van der Waals surface area contributed by atoms with E-state index in [9.17, 15) is 77.3 Å². The minimum atomic E-state index is -1.65. The SMILES string of the molecule is CC(=O)N[C@@H](CS)C(=O)N[C@@H](CS)C(=O)N[C@@H](CC(N)=O)C(=O)N1CCC[C@H]1C(=O)N[C@@H](C)C(=O)N[C@@H](CS)C(=O)NCC(=O)N[C@@H](Cc1c[nH]cn1)C(=O)N[C@@H](CCCCN)C(=O)N[C@@H](Cc1ccc(O)cc1)C(=O)N[C@@H](CO)C(=O)N[C@@H](CS)C(N)=O. The van der Waals surface area contributed by atoms with Crippen LogP contribution in [0.2, 0.25) is 0 Å². The Bertz CT molecular complexity index is 2810. The number of phenolic OH excluding ortho intramolecular Hbond substituents is 1. The number of nitrogens with one attached hydrogen (secondary N) is 12. The second-order valence-electron chi connectivity index (χ2n) is 20.3. The van der Waals surface area contributed by atoms with Crippen LogP contribution in [0, 0.1) is 0 Å². The summed E-state index contributed by atoms with van der Waals surface area (Å²) in [6.07, 6.45) is 2.49. The van der Waals surface area contributed by atoms with Crippen molar-refractivity contribution in [3.63, 3.8) is 0 Å². The molecule has 1 aliphatic rings. The van der Waals surface area contributed by atoms with Gasteiger partial charge in [-0.1, -0.05) is 12.1 Å². The van der Waals surface area contributed by atoms with Crippen LogP contribution in [0.1, 0.15) is 63.6 Å². The highest BCUT2D eigenvalue weighted by molar-refractivity contribution is 7.80. The lowest BCUT2D eigenvalue weighted by atomic mass is 10.0. The van der Waals surface area contributed by atoms with Gasteiger partial charge in [-0.25, -0.2) is 4.98 Å². The first-order chi connectivity index (χ1) is 42.2. The average molecular weight is 1330 g/mol. The number of imidazole rings is 1. The second kappa shape index (κ2) is 38.5. The van der Waals surface area contributed by atoms with Gasteiger partial charge in [0, 0.05) is 55.5 Å². The van der Waals surface area contributed by atoms with E-state index in [-0.39, 0.29) is 86.1 Å². The van der Waals surface area contributed by atoms with Crippen molar-refractivity contribution in [3.05, 3.63) is 48.0 Å². The van der Waals surface area contributed by atoms with E-state index in [4.69, 9.17) is 17.2 Å². The summed E-state index contributed by atoms with van der Waals surface area (Å²) >= 11 is 16.3. The molecule has 1 saturated heterocycles. The molecular formula is C52H79N17O16S4. The number of likely N-dealkylation sites (tertiary alicyclic amines) is 1. The van der Waals surface area contributed by atoms with Gasteiger partial charge < -0.3 is 95.8 Å². The monoisotopic (exact) mass is 1330 g/mol. The minimum Gasteiger partial charge on any atom is -0.508 e. The van der Waals surface area contributed by atoms with Crippen LogP contribution in [0.15, 0.2) is 36.8 Å². The number of primary amides is 2. The number of nitrogens with zero attached hydrogens (tertiary/aromatic N) is 2. The van der Waals surface area contributed by atoms with Crippen molar-refractivity contribution in [1.82, 2.24) is 73.4 Å². The standard InChI is InChI=1S/C52H79N17O16S4/c1-25(59-51(84)39-7-5-13-69(39)52(85)33(16-40(54)73)64-50(83)38(23-89)68-49(82)37(22-88)60-26(2)71)43(76)67-36(21-87)44(77)57-18-41(74)61-32(15-28-17-56-24-58-28)47(80)62-30(6-3-4-12-53)45(78)63-31(14-27-8-10-29(72)11-9-27)46(79)65-34(19-70)48(81)66-35(20-86)42(55)75/h8-11,17,24-25,30-39,70,72,86-89H,3-7,12-16,18-23,53H2,1-2H3,(H2,54,73)(H2,55,75)(H,56,58)(H,57,77)(H,59,84)(H,60,71)(H,61,74)(H,62,80)(H,63,78)(H,64,83)(H,65,79)(H,66,81)(H,67,76)(H,68,82)/t25-,30-,31-,32-,33-,34-,35-,36-,37-,38-,39-/m0/s1. The van der Waals surface area contributed by atoms with Crippen LogP contribution < -0.4 is 75.7 Å². The van der Waals surface area contributed by atoms with Gasteiger partial charge in [-0.3, -0.25) is 67.1 Å². The zero-order valence-electron chi connectivity index (χ0n) is 48.7. The number of aromatic nitrogens is 2. The van der Waals surface area contributed by atoms with Gasteiger partial charge in [0.1, 0.15) is 72.2 Å². The predicted octanol–water partition coefficient (Wildman–Crippen LogP) is -7.90. The smallest absolute Gasteiger partial charge is 0.246 e. The molecule has 1 aromatic heterocycles. The highest BCUT2D eigenvalue weighted by Crippen LogP contribution is 2.20. The number of carbonyl (C=O) groups excluding carboxylic acids is 14. The lowest BCUT2D eigenvalue weighted by molar-refractivity contribution is -0.143. The van der Waals surface area contributed by atoms with E-state index in [1.54, 1.807) is 0 Å². The van der Waals surface area contributed by atoms with Gasteiger partial charge in [0.05, 0.1) is 31.6 Å². The number of hydrogen-bond acceptors (Lipinski definition) is 22. The number of aromatic amines is 1. The number of H-pyrrole nitrogens is 1. The topological polar surface area (TPSA) is 522 Å². The number of benzene rings is 1. The molecule has 3 rings (SSSR count). The number of unbranched alkanes of at least 4 members (excludes halogenated alkanes) is 1. The molecule has 1 aromatic carbocycles. The third-order valence-electron chi connectivity index (χ3n) is 13.4. The fraction of sp³-hybridized carbons (Fsp3) is 0.558. The van der Waals surface area contributed by atoms with E-state index >= 15 is 0 Å². The van der Waals surface area contributed by atoms with Gasteiger partial charge in [0.15, 0.2) is 0 Å². The Morgan fingerprint density at radius 1 is 0.629 bits per heavy atom. The zero-order valence-corrected chi connectivity index (χ0v) is 52.2. The summed E-state index contributed by atoms with van der Waals surface area (Å²) < 4.78 is 0. The van der Waals surface area contributed by atoms with Gasteiger partial charge >= 0.3 is 0 Å². The average Bonchev–Trinajstić information content (AvgIpc) is 2.98. The summed E-state index contributed by atoms with van der Waals surface area (Å²) in [5.74, 6) is -13.6. The number of aliphatic hydroxyl groups is 1. The van der Waals surface area contributed by atoms with E-state index in [1.165, 1.54) is 50.6 Å². The molecule has 1 fully saturated rings. The summed E-state index contributed by atoms with van der Waals surface area (Å²) in [5, 5.41) is 46.6. The van der Waals surface area contributed by atoms with Crippen LogP contribution in [0.5, 0.6) is 5.75 Å². The molecule has 0 spiro atoms. The van der Waals surface area contributed by atoms with E-state index in [0.717, 1.165) is 4.90 Å². The van der Waals surface area contributed by atoms with E-state index in [2.05, 4.69) is 119 Å². The van der Waals surface area contributed by atoms with Gasteiger partial charge in [0.2, 0.25) is 82.7 Å². The normalized spacial score (nSPS) is 16.0. The molecule has 20 N–H and O–H groups in total. The Kier molecular flexibility index (Phi) is 32.6. The Morgan fingerprint density at radius 3 is 1.69 bits per heavy atom. The van der Waals surface area contributed by atoms with Gasteiger partial charge in [-0.2, -0.15) is 50.5 Å². The van der Waals surface area contributed by atoms with Crippen molar-refractivity contribution in [2.24, 2.45) is 17.2 Å². The van der Waals surface area contributed by atoms with Crippen molar-refractivity contribution in [2.75, 3.05) is 49.3 Å². The van der Waals surface area contributed by atoms with Crippen LogP contribution in [-0.2, 0) is 80.0 Å². The van der Waals surface area contributed by atoms with Gasteiger partial charge in [0.25, 0.3) is 0 Å². The van der Waals surface area contributed by atoms with Crippen molar-refractivity contribution < 1.29 is 77.3 Å². The largest absolute Gasteiger partial charge is 0.508 e. The summed E-state index contributed by atoms with van der Waals surface area (Å²) in [6, 6.07) is -9.84. The first-order valence-corrected chi connectivity index (χ1v) is 30.4. The summed E-state index contributed by atoms with van der Waals surface area (Å²) in [6.45, 7) is 0.897. The predicted molar refractivity (Wildman–Crippen MR) is 331 cm³/mol. The third kappa shape index (κ3) is 25.3. The van der Waals surface area contributed by atoms with Gasteiger partial charge in [-0.15, -0.1) is 0 Å². The molecule has 0 aliphatic carbocycles. The van der Waals surface area contributed by atoms with Crippen molar-refractivity contribution in [2.45, 2.75) is 132 Å². The molecule has 89 heavy (non-hydrogen) atoms. The van der Waals surface area contributed by atoms with Gasteiger partial charge in [-0.05, 0) is 63.3 Å². The Morgan fingerprint density at radius 2 is 1.13 bits per heavy atom. The Labute approximate surface area is 533 Å². The molecule has 0 bridgehead atoms. The number of amides is 14. The molecule has 1 aliphatic heterocycles. The summed E-state index contributed by atoms with van der Waals surface area (Å²) in [4.78, 5) is 193. The molecule has 11 atom stereocenters. The maximum atomic E-state index is 14.2. The Balaban J connectivity index is 1.72. The quantitative estimate of drug-likeness (QED) is 0.0219. The van der Waals surface area contributed by atoms with Crippen molar-refractivity contribution in [1.29, 1.82) is 0 Å². The molecule has 2 aromatic rings. The van der Waals surface area contributed by atoms with Crippen LogP contribution in [-0.4, -0.2) is 223 Å². The third-order valence-corrected chi connectivity index (χ3v) is 14.9. The number of rotatable bonds is 38. The number of nitrogens with two attached hydrogens (primary N) is 3. The van der Waals surface area contributed by atoms with E-state index in [0.29, 0.717) is 12.0 Å². The van der Waals surface area contributed by atoms with E-state index in [1.807, 2.05) is 0 Å². The first-order valence-electron chi connectivity index (χ1n) is 27.9. The molecule has 492 valence electrons. The lowest BCUT2D eigenvalue weighted by Gasteiger charge is -2.30.